The van der Waals surface area contributed by atoms with Gasteiger partial charge in [0, 0.05) is 45.6 Å². The first-order valence-corrected chi connectivity index (χ1v) is 13.0. The number of hydrogen-bond acceptors (Lipinski definition) is 10. The molecule has 0 unspecified atom stereocenters. The zero-order chi connectivity index (χ0) is 29.4. The Morgan fingerprint density at radius 2 is 1.88 bits per heavy atom. The lowest BCUT2D eigenvalue weighted by Gasteiger charge is -2.26. The van der Waals surface area contributed by atoms with Gasteiger partial charge in [-0.15, -0.1) is 0 Å². The van der Waals surface area contributed by atoms with Crippen LogP contribution in [0.1, 0.15) is 0 Å². The molecule has 0 aliphatic rings. The zero-order valence-electron chi connectivity index (χ0n) is 24.0. The molecular weight excluding hydrogens is 524 g/mol. The number of ether oxygens (including phenoxy) is 3. The largest absolute Gasteiger partial charge is 0.494 e. The van der Waals surface area contributed by atoms with E-state index >= 15 is 0 Å². The number of carbonyl (C=O) groups is 1. The van der Waals surface area contributed by atoms with Gasteiger partial charge in [-0.3, -0.25) is 9.36 Å². The van der Waals surface area contributed by atoms with Crippen LogP contribution < -0.4 is 25.0 Å². The van der Waals surface area contributed by atoms with Gasteiger partial charge in [0.2, 0.25) is 11.9 Å². The van der Waals surface area contributed by atoms with Crippen molar-refractivity contribution in [3.05, 3.63) is 61.6 Å². The molecule has 0 aliphatic heterocycles. The van der Waals surface area contributed by atoms with Crippen LogP contribution in [0.15, 0.2) is 61.6 Å². The van der Waals surface area contributed by atoms with Crippen LogP contribution in [0, 0.1) is 0 Å². The standard InChI is InChI=1S/C29H36N8O4/c1-7-28(38)32-22-17-23(26(40-6)18-25(22)36(4)13-12-35(2)3)33-29-30-11-10-27(34-29)37-19-31-21-16-20(8-9-24(21)37)41-15-14-39-5/h7-11,16-19H,1,12-15H2,2-6H3,(H,32,38)(H,30,33,34). The van der Waals surface area contributed by atoms with E-state index in [1.165, 1.54) is 6.08 Å². The Kier molecular flexibility index (Phi) is 9.72. The molecule has 2 aromatic heterocycles. The second-order valence-electron chi connectivity index (χ2n) is 9.46. The Labute approximate surface area is 239 Å². The Morgan fingerprint density at radius 1 is 1.05 bits per heavy atom. The van der Waals surface area contributed by atoms with Gasteiger partial charge in [0.05, 0.1) is 41.8 Å². The van der Waals surface area contributed by atoms with E-state index in [2.05, 4.69) is 37.0 Å². The molecule has 2 aromatic carbocycles. The molecule has 0 fully saturated rings. The number of rotatable bonds is 14. The highest BCUT2D eigenvalue weighted by atomic mass is 16.5. The van der Waals surface area contributed by atoms with E-state index in [1.807, 2.05) is 50.0 Å². The van der Waals surface area contributed by atoms with Gasteiger partial charge < -0.3 is 34.6 Å². The van der Waals surface area contributed by atoms with Crippen LogP contribution in [0.3, 0.4) is 0 Å². The highest BCUT2D eigenvalue weighted by Crippen LogP contribution is 2.38. The minimum Gasteiger partial charge on any atom is -0.494 e. The average molecular weight is 561 g/mol. The van der Waals surface area contributed by atoms with Crippen molar-refractivity contribution in [2.45, 2.75) is 0 Å². The smallest absolute Gasteiger partial charge is 0.247 e. The summed E-state index contributed by atoms with van der Waals surface area (Å²) in [5.74, 6) is 1.93. The first kappa shape index (κ1) is 29.3. The number of nitrogens with zero attached hydrogens (tertiary/aromatic N) is 6. The third kappa shape index (κ3) is 7.29. The van der Waals surface area contributed by atoms with Crippen molar-refractivity contribution in [3.63, 3.8) is 0 Å². The summed E-state index contributed by atoms with van der Waals surface area (Å²) in [6.07, 6.45) is 4.60. The number of likely N-dealkylation sites (N-methyl/N-ethyl adjacent to an activating group) is 2. The molecule has 4 rings (SSSR count). The summed E-state index contributed by atoms with van der Waals surface area (Å²) < 4.78 is 18.3. The molecule has 0 saturated heterocycles. The topological polar surface area (TPSA) is 119 Å². The number of benzene rings is 2. The first-order chi connectivity index (χ1) is 19.8. The molecule has 0 radical (unpaired) electrons. The summed E-state index contributed by atoms with van der Waals surface area (Å²) in [5, 5.41) is 6.15. The van der Waals surface area contributed by atoms with Crippen LogP contribution >= 0.6 is 0 Å². The number of methoxy groups -OCH3 is 2. The van der Waals surface area contributed by atoms with Crippen molar-refractivity contribution in [1.82, 2.24) is 24.4 Å². The third-order valence-electron chi connectivity index (χ3n) is 6.26. The number of fused-ring (bicyclic) bond motifs is 1. The molecule has 0 atom stereocenters. The number of nitrogens with one attached hydrogen (secondary N) is 2. The molecule has 0 spiro atoms. The van der Waals surface area contributed by atoms with Crippen LogP contribution in [-0.2, 0) is 9.53 Å². The Bertz CT molecular complexity index is 1500. The predicted molar refractivity (Wildman–Crippen MR) is 161 cm³/mol. The quantitative estimate of drug-likeness (QED) is 0.174. The van der Waals surface area contributed by atoms with E-state index in [9.17, 15) is 4.79 Å². The maximum Gasteiger partial charge on any atom is 0.247 e. The van der Waals surface area contributed by atoms with Crippen molar-refractivity contribution in [2.24, 2.45) is 0 Å². The molecule has 2 heterocycles. The molecule has 216 valence electrons. The highest BCUT2D eigenvalue weighted by molar-refractivity contribution is 6.02. The fourth-order valence-corrected chi connectivity index (χ4v) is 4.08. The molecule has 41 heavy (non-hydrogen) atoms. The minimum atomic E-state index is -0.319. The molecule has 4 aromatic rings. The molecule has 0 saturated carbocycles. The van der Waals surface area contributed by atoms with Gasteiger partial charge in [-0.2, -0.15) is 4.98 Å². The second kappa shape index (κ2) is 13.6. The highest BCUT2D eigenvalue weighted by Gasteiger charge is 2.17. The number of hydrogen-bond donors (Lipinski definition) is 2. The fraction of sp³-hybridized carbons (Fsp3) is 0.310. The zero-order valence-corrected chi connectivity index (χ0v) is 24.0. The van der Waals surface area contributed by atoms with E-state index in [4.69, 9.17) is 19.2 Å². The maximum atomic E-state index is 12.3. The van der Waals surface area contributed by atoms with Crippen molar-refractivity contribution in [3.8, 4) is 17.3 Å². The summed E-state index contributed by atoms with van der Waals surface area (Å²) in [6.45, 7) is 6.12. The van der Waals surface area contributed by atoms with Crippen LogP contribution in [0.5, 0.6) is 11.5 Å². The van der Waals surface area contributed by atoms with Crippen molar-refractivity contribution in [1.29, 1.82) is 0 Å². The van der Waals surface area contributed by atoms with E-state index in [1.54, 1.807) is 38.9 Å². The van der Waals surface area contributed by atoms with Gasteiger partial charge >= 0.3 is 0 Å². The number of amides is 1. The van der Waals surface area contributed by atoms with E-state index < -0.39 is 0 Å². The predicted octanol–water partition coefficient (Wildman–Crippen LogP) is 3.72. The Morgan fingerprint density at radius 3 is 2.61 bits per heavy atom. The van der Waals surface area contributed by atoms with Gasteiger partial charge in [0.25, 0.3) is 0 Å². The second-order valence-corrected chi connectivity index (χ2v) is 9.46. The summed E-state index contributed by atoms with van der Waals surface area (Å²) in [5.41, 5.74) is 3.62. The Balaban J connectivity index is 1.63. The monoisotopic (exact) mass is 560 g/mol. The lowest BCUT2D eigenvalue weighted by atomic mass is 10.2. The lowest BCUT2D eigenvalue weighted by molar-refractivity contribution is -0.111. The Hall–Kier alpha value is -4.68. The van der Waals surface area contributed by atoms with E-state index in [0.717, 1.165) is 29.8 Å². The number of carbonyl (C=O) groups excluding carboxylic acids is 1. The van der Waals surface area contributed by atoms with Gasteiger partial charge in [-0.1, -0.05) is 6.58 Å². The summed E-state index contributed by atoms with van der Waals surface area (Å²) in [4.78, 5) is 30.0. The minimum absolute atomic E-state index is 0.319. The fourth-order valence-electron chi connectivity index (χ4n) is 4.08. The SMILES string of the molecule is C=CC(=O)Nc1cc(Nc2nccc(-n3cnc4cc(OCCOC)ccc43)n2)c(OC)cc1N(C)CCN(C)C. The van der Waals surface area contributed by atoms with Crippen LogP contribution in [0.4, 0.5) is 23.0 Å². The molecular formula is C29H36N8O4. The van der Waals surface area contributed by atoms with Crippen LogP contribution in [-0.4, -0.2) is 92.0 Å². The van der Waals surface area contributed by atoms with Crippen molar-refractivity contribution >= 4 is 40.0 Å². The maximum absolute atomic E-state index is 12.3. The van der Waals surface area contributed by atoms with Crippen molar-refractivity contribution in [2.75, 3.05) is 77.2 Å². The lowest BCUT2D eigenvalue weighted by Crippen LogP contribution is -2.29. The molecule has 2 N–H and O–H groups in total. The molecule has 12 nitrogen and oxygen atoms in total. The molecule has 1 amide bonds. The van der Waals surface area contributed by atoms with Crippen LogP contribution in [0.25, 0.3) is 16.9 Å². The van der Waals surface area contributed by atoms with Crippen molar-refractivity contribution < 1.29 is 19.0 Å². The number of anilines is 4. The van der Waals surface area contributed by atoms with Gasteiger partial charge in [0.1, 0.15) is 30.3 Å². The van der Waals surface area contributed by atoms with Gasteiger partial charge in [0.15, 0.2) is 0 Å². The number of aromatic nitrogens is 4. The summed E-state index contributed by atoms with van der Waals surface area (Å²) in [7, 11) is 9.22. The van der Waals surface area contributed by atoms with E-state index in [0.29, 0.717) is 47.9 Å². The normalized spacial score (nSPS) is 11.0. The van der Waals surface area contributed by atoms with E-state index in [-0.39, 0.29) is 5.91 Å². The molecule has 12 heteroatoms. The molecule has 0 aliphatic carbocycles. The van der Waals surface area contributed by atoms with Gasteiger partial charge in [-0.25, -0.2) is 9.97 Å². The average Bonchev–Trinajstić information content (AvgIpc) is 3.39. The summed E-state index contributed by atoms with van der Waals surface area (Å²) >= 11 is 0. The summed E-state index contributed by atoms with van der Waals surface area (Å²) in [6, 6.07) is 11.2. The van der Waals surface area contributed by atoms with Crippen LogP contribution in [0.2, 0.25) is 0 Å². The van der Waals surface area contributed by atoms with Gasteiger partial charge in [-0.05, 0) is 44.4 Å². The molecule has 0 bridgehead atoms. The first-order valence-electron chi connectivity index (χ1n) is 13.0. The number of imidazole rings is 1. The third-order valence-corrected chi connectivity index (χ3v) is 6.26.